The minimum atomic E-state index is -0.464. The van der Waals surface area contributed by atoms with Gasteiger partial charge in [-0.3, -0.25) is 14.5 Å². The average molecular weight is 426 g/mol. The van der Waals surface area contributed by atoms with Crippen molar-refractivity contribution in [1.29, 1.82) is 0 Å². The Balaban J connectivity index is 1.41. The van der Waals surface area contributed by atoms with Gasteiger partial charge in [0.1, 0.15) is 11.7 Å². The summed E-state index contributed by atoms with van der Waals surface area (Å²) in [6.45, 7) is 0.469. The predicted molar refractivity (Wildman–Crippen MR) is 113 cm³/mol. The molecule has 10 heteroatoms. The molecule has 1 atom stereocenters. The number of amides is 1. The van der Waals surface area contributed by atoms with Gasteiger partial charge >= 0.3 is 11.8 Å². The molecule has 0 saturated heterocycles. The summed E-state index contributed by atoms with van der Waals surface area (Å²) in [5, 5.41) is 14.2. The second-order valence-electron chi connectivity index (χ2n) is 7.63. The highest BCUT2D eigenvalue weighted by molar-refractivity contribution is 5.91. The van der Waals surface area contributed by atoms with E-state index in [0.717, 1.165) is 27.9 Å². The molecule has 1 aliphatic heterocycles. The number of carbonyl (C=O) groups excluding carboxylic acids is 1. The van der Waals surface area contributed by atoms with E-state index >= 15 is 0 Å². The van der Waals surface area contributed by atoms with E-state index in [9.17, 15) is 4.79 Å². The van der Waals surface area contributed by atoms with Gasteiger partial charge in [0.05, 0.1) is 17.7 Å². The summed E-state index contributed by atoms with van der Waals surface area (Å²) in [6.07, 6.45) is 5.75. The molecule has 0 aliphatic carbocycles. The lowest BCUT2D eigenvalue weighted by Crippen LogP contribution is -2.41. The SMILES string of the molecule is Cn1nccc1-c1nnc(C(=O)N2CCc3[nH]cnc3[C@H]2c2cc3ccccc3cn2)o1. The first-order valence-corrected chi connectivity index (χ1v) is 10.2. The van der Waals surface area contributed by atoms with Crippen LogP contribution in [0.1, 0.15) is 33.8 Å². The maximum Gasteiger partial charge on any atom is 0.312 e. The van der Waals surface area contributed by atoms with Crippen LogP contribution < -0.4 is 0 Å². The third-order valence-corrected chi connectivity index (χ3v) is 5.77. The third-order valence-electron chi connectivity index (χ3n) is 5.77. The maximum atomic E-state index is 13.5. The minimum Gasteiger partial charge on any atom is -0.411 e. The lowest BCUT2D eigenvalue weighted by atomic mass is 9.98. The number of H-pyrrole nitrogens is 1. The van der Waals surface area contributed by atoms with Crippen LogP contribution >= 0.6 is 0 Å². The molecule has 5 heterocycles. The summed E-state index contributed by atoms with van der Waals surface area (Å²) < 4.78 is 7.34. The van der Waals surface area contributed by atoms with E-state index in [1.54, 1.807) is 35.2 Å². The molecule has 32 heavy (non-hydrogen) atoms. The van der Waals surface area contributed by atoms with Crippen LogP contribution in [0, 0.1) is 0 Å². The molecular weight excluding hydrogens is 408 g/mol. The molecule has 10 nitrogen and oxygen atoms in total. The Hall–Kier alpha value is -4.34. The summed E-state index contributed by atoms with van der Waals surface area (Å²) in [5.41, 5.74) is 3.14. The lowest BCUT2D eigenvalue weighted by molar-refractivity contribution is 0.0647. The normalized spacial score (nSPS) is 15.8. The van der Waals surface area contributed by atoms with Crippen molar-refractivity contribution in [3.63, 3.8) is 0 Å². The number of nitrogens with zero attached hydrogens (tertiary/aromatic N) is 7. The number of carbonyl (C=O) groups is 1. The first kappa shape index (κ1) is 18.4. The zero-order chi connectivity index (χ0) is 21.7. The van der Waals surface area contributed by atoms with Gasteiger partial charge in [0.2, 0.25) is 0 Å². The molecule has 1 amide bonds. The Morgan fingerprint density at radius 2 is 2.03 bits per heavy atom. The van der Waals surface area contributed by atoms with E-state index in [2.05, 4.69) is 30.2 Å². The molecule has 6 rings (SSSR count). The van der Waals surface area contributed by atoms with E-state index < -0.39 is 6.04 Å². The maximum absolute atomic E-state index is 13.5. The number of fused-ring (bicyclic) bond motifs is 2. The van der Waals surface area contributed by atoms with Crippen LogP contribution in [0.2, 0.25) is 0 Å². The number of hydrogen-bond donors (Lipinski definition) is 1. The fourth-order valence-corrected chi connectivity index (χ4v) is 4.16. The Labute approximate surface area is 181 Å². The second kappa shape index (κ2) is 7.12. The molecule has 4 aromatic heterocycles. The van der Waals surface area contributed by atoms with E-state index in [0.29, 0.717) is 18.7 Å². The smallest absolute Gasteiger partial charge is 0.312 e. The molecule has 0 radical (unpaired) electrons. The molecule has 0 unspecified atom stereocenters. The standard InChI is InChI=1S/C22H18N8O2/c1-29-17(6-8-26-29)20-27-28-21(32-20)22(31)30-9-7-15-18(25-12-24-15)19(30)16-10-13-4-2-3-5-14(13)11-23-16/h2-6,8,10-12,19H,7,9H2,1H3,(H,24,25)/t19-/m1/s1. The van der Waals surface area contributed by atoms with Crippen molar-refractivity contribution in [3.8, 4) is 11.6 Å². The Morgan fingerprint density at radius 1 is 1.16 bits per heavy atom. The fourth-order valence-electron chi connectivity index (χ4n) is 4.16. The quantitative estimate of drug-likeness (QED) is 0.471. The lowest BCUT2D eigenvalue weighted by Gasteiger charge is -2.33. The summed E-state index contributed by atoms with van der Waals surface area (Å²) in [4.78, 5) is 27.5. The molecule has 5 aromatic rings. The Bertz CT molecular complexity index is 1450. The first-order chi connectivity index (χ1) is 15.7. The van der Waals surface area contributed by atoms with Gasteiger partial charge in [-0.2, -0.15) is 5.10 Å². The highest BCUT2D eigenvalue weighted by Gasteiger charge is 2.37. The molecule has 0 spiro atoms. The number of nitrogens with one attached hydrogen (secondary N) is 1. The molecule has 0 saturated carbocycles. The van der Waals surface area contributed by atoms with E-state index in [4.69, 9.17) is 4.42 Å². The highest BCUT2D eigenvalue weighted by Crippen LogP contribution is 2.34. The van der Waals surface area contributed by atoms with Crippen molar-refractivity contribution >= 4 is 16.7 Å². The van der Waals surface area contributed by atoms with Gasteiger partial charge in [-0.1, -0.05) is 24.3 Å². The van der Waals surface area contributed by atoms with Crippen molar-refractivity contribution in [2.45, 2.75) is 12.5 Å². The molecule has 1 N–H and O–H groups in total. The van der Waals surface area contributed by atoms with E-state index in [1.165, 1.54) is 0 Å². The van der Waals surface area contributed by atoms with Crippen LogP contribution in [0.5, 0.6) is 0 Å². The summed E-state index contributed by atoms with van der Waals surface area (Å²) >= 11 is 0. The van der Waals surface area contributed by atoms with Gasteiger partial charge in [-0.05, 0) is 17.5 Å². The summed E-state index contributed by atoms with van der Waals surface area (Å²) in [6, 6.07) is 11.3. The average Bonchev–Trinajstić information content (AvgIpc) is 3.58. The van der Waals surface area contributed by atoms with Crippen LogP contribution in [-0.4, -0.2) is 52.3 Å². The van der Waals surface area contributed by atoms with Gasteiger partial charge in [0.15, 0.2) is 0 Å². The highest BCUT2D eigenvalue weighted by atomic mass is 16.4. The monoisotopic (exact) mass is 426 g/mol. The largest absolute Gasteiger partial charge is 0.411 e. The van der Waals surface area contributed by atoms with Crippen LogP contribution in [0.4, 0.5) is 0 Å². The molecule has 1 aliphatic rings. The molecular formula is C22H18N8O2. The van der Waals surface area contributed by atoms with Crippen molar-refractivity contribution in [1.82, 2.24) is 39.8 Å². The Kier molecular flexibility index (Phi) is 4.10. The summed E-state index contributed by atoms with van der Waals surface area (Å²) in [7, 11) is 1.77. The number of aryl methyl sites for hydroxylation is 1. The molecule has 0 bridgehead atoms. The first-order valence-electron chi connectivity index (χ1n) is 10.2. The number of aromatic nitrogens is 7. The number of imidazole rings is 1. The summed E-state index contributed by atoms with van der Waals surface area (Å²) in [5.74, 6) is -0.198. The van der Waals surface area contributed by atoms with Crippen LogP contribution in [0.25, 0.3) is 22.4 Å². The minimum absolute atomic E-state index is 0.0778. The topological polar surface area (TPSA) is 119 Å². The van der Waals surface area contributed by atoms with E-state index in [-0.39, 0.29) is 17.7 Å². The number of aromatic amines is 1. The van der Waals surface area contributed by atoms with Gasteiger partial charge < -0.3 is 14.3 Å². The van der Waals surface area contributed by atoms with Crippen LogP contribution in [0.3, 0.4) is 0 Å². The van der Waals surface area contributed by atoms with Crippen LogP contribution in [0.15, 0.2) is 59.5 Å². The second-order valence-corrected chi connectivity index (χ2v) is 7.63. The van der Waals surface area contributed by atoms with E-state index in [1.807, 2.05) is 36.5 Å². The fraction of sp³-hybridized carbons (Fsp3) is 0.182. The predicted octanol–water partition coefficient (Wildman–Crippen LogP) is 2.53. The number of benzene rings is 1. The molecule has 1 aromatic carbocycles. The molecule has 0 fully saturated rings. The van der Waals surface area contributed by atoms with Crippen LogP contribution in [-0.2, 0) is 13.5 Å². The zero-order valence-electron chi connectivity index (χ0n) is 17.1. The number of pyridine rings is 1. The van der Waals surface area contributed by atoms with Gasteiger partial charge in [0.25, 0.3) is 5.89 Å². The van der Waals surface area contributed by atoms with Crippen molar-refractivity contribution in [2.24, 2.45) is 7.05 Å². The number of hydrogen-bond acceptors (Lipinski definition) is 7. The Morgan fingerprint density at radius 3 is 2.88 bits per heavy atom. The van der Waals surface area contributed by atoms with Crippen molar-refractivity contribution < 1.29 is 9.21 Å². The van der Waals surface area contributed by atoms with Crippen molar-refractivity contribution in [3.05, 3.63) is 78.1 Å². The zero-order valence-corrected chi connectivity index (χ0v) is 17.1. The van der Waals surface area contributed by atoms with Crippen molar-refractivity contribution in [2.75, 3.05) is 6.54 Å². The van der Waals surface area contributed by atoms with Gasteiger partial charge in [-0.25, -0.2) is 4.98 Å². The molecule has 158 valence electrons. The van der Waals surface area contributed by atoms with Gasteiger partial charge in [0, 0.05) is 43.5 Å². The number of rotatable bonds is 3. The van der Waals surface area contributed by atoms with Gasteiger partial charge in [-0.15, -0.1) is 10.2 Å². The third kappa shape index (κ3) is 2.88.